The summed E-state index contributed by atoms with van der Waals surface area (Å²) in [5, 5.41) is 8.63. The SMILES string of the molecule is Cl.Oc1ccccc1.[Na+]. The number of benzene rings is 1. The maximum Gasteiger partial charge on any atom is 1.00 e. The molecular formula is C6H7ClNaO+. The topological polar surface area (TPSA) is 20.2 Å². The van der Waals surface area contributed by atoms with Crippen LogP contribution in [-0.4, -0.2) is 5.11 Å². The molecule has 0 amide bonds. The van der Waals surface area contributed by atoms with Crippen LogP contribution in [0.2, 0.25) is 0 Å². The summed E-state index contributed by atoms with van der Waals surface area (Å²) >= 11 is 0. The van der Waals surface area contributed by atoms with Crippen molar-refractivity contribution in [1.82, 2.24) is 0 Å². The molecule has 0 atom stereocenters. The van der Waals surface area contributed by atoms with Crippen molar-refractivity contribution >= 4 is 12.4 Å². The Labute approximate surface area is 82.8 Å². The number of rotatable bonds is 0. The minimum absolute atomic E-state index is 0. The molecule has 0 aliphatic rings. The first-order valence-corrected chi connectivity index (χ1v) is 2.13. The number of aromatic hydroxyl groups is 1. The standard InChI is InChI=1S/C6H6O.ClH.Na/c7-6-4-2-1-3-5-6;;/h1-5,7H;1H;/q;;+1. The second-order valence-electron chi connectivity index (χ2n) is 1.34. The third kappa shape index (κ3) is 4.79. The first-order valence-electron chi connectivity index (χ1n) is 2.13. The van der Waals surface area contributed by atoms with Gasteiger partial charge in [0.15, 0.2) is 0 Å². The third-order valence-corrected chi connectivity index (χ3v) is 0.756. The van der Waals surface area contributed by atoms with Crippen LogP contribution in [-0.2, 0) is 0 Å². The molecule has 1 nitrogen and oxygen atoms in total. The van der Waals surface area contributed by atoms with E-state index in [1.165, 1.54) is 0 Å². The van der Waals surface area contributed by atoms with Gasteiger partial charge in [0, 0.05) is 0 Å². The predicted octanol–water partition coefficient (Wildman–Crippen LogP) is -1.18. The summed E-state index contributed by atoms with van der Waals surface area (Å²) in [6, 6.07) is 8.71. The van der Waals surface area contributed by atoms with Gasteiger partial charge in [-0.3, -0.25) is 0 Å². The Morgan fingerprint density at radius 2 is 1.44 bits per heavy atom. The van der Waals surface area contributed by atoms with Gasteiger partial charge in [-0.15, -0.1) is 12.4 Å². The van der Waals surface area contributed by atoms with Crippen LogP contribution in [0.15, 0.2) is 30.3 Å². The first kappa shape index (κ1) is 12.0. The summed E-state index contributed by atoms with van der Waals surface area (Å²) in [5.74, 6) is 0.322. The molecule has 0 aromatic heterocycles. The van der Waals surface area contributed by atoms with Gasteiger partial charge in [-0.2, -0.15) is 0 Å². The van der Waals surface area contributed by atoms with E-state index in [1.807, 2.05) is 6.07 Å². The van der Waals surface area contributed by atoms with Crippen molar-refractivity contribution in [3.05, 3.63) is 30.3 Å². The molecule has 1 aromatic carbocycles. The Morgan fingerprint density at radius 3 is 1.67 bits per heavy atom. The molecule has 0 spiro atoms. The molecule has 0 unspecified atom stereocenters. The summed E-state index contributed by atoms with van der Waals surface area (Å²) < 4.78 is 0. The molecule has 0 aliphatic heterocycles. The van der Waals surface area contributed by atoms with Gasteiger partial charge in [0.05, 0.1) is 0 Å². The molecule has 3 heteroatoms. The maximum atomic E-state index is 8.63. The third-order valence-electron chi connectivity index (χ3n) is 0.756. The van der Waals surface area contributed by atoms with Gasteiger partial charge in [-0.05, 0) is 12.1 Å². The number of hydrogen-bond donors (Lipinski definition) is 1. The van der Waals surface area contributed by atoms with Crippen LogP contribution in [0.1, 0.15) is 0 Å². The quantitative estimate of drug-likeness (QED) is 0.465. The Morgan fingerprint density at radius 1 is 1.00 bits per heavy atom. The minimum atomic E-state index is 0. The van der Waals surface area contributed by atoms with Crippen molar-refractivity contribution in [3.8, 4) is 5.75 Å². The van der Waals surface area contributed by atoms with Crippen LogP contribution in [0.4, 0.5) is 0 Å². The van der Waals surface area contributed by atoms with E-state index < -0.39 is 0 Å². The van der Waals surface area contributed by atoms with Crippen LogP contribution in [0, 0.1) is 0 Å². The van der Waals surface area contributed by atoms with E-state index in [4.69, 9.17) is 5.11 Å². The van der Waals surface area contributed by atoms with Crippen LogP contribution in [0.25, 0.3) is 0 Å². The second kappa shape index (κ2) is 6.43. The molecular weight excluding hydrogens is 147 g/mol. The molecule has 1 aromatic rings. The zero-order valence-electron chi connectivity index (χ0n) is 5.24. The van der Waals surface area contributed by atoms with Crippen molar-refractivity contribution < 1.29 is 34.7 Å². The van der Waals surface area contributed by atoms with Gasteiger partial charge in [0.2, 0.25) is 0 Å². The van der Waals surface area contributed by atoms with E-state index in [0.717, 1.165) is 0 Å². The number of hydrogen-bond acceptors (Lipinski definition) is 1. The van der Waals surface area contributed by atoms with E-state index in [0.29, 0.717) is 5.75 Å². The van der Waals surface area contributed by atoms with Crippen molar-refractivity contribution in [2.45, 2.75) is 0 Å². The van der Waals surface area contributed by atoms with E-state index in [1.54, 1.807) is 24.3 Å². The summed E-state index contributed by atoms with van der Waals surface area (Å²) in [6.45, 7) is 0. The number of phenols is 1. The largest absolute Gasteiger partial charge is 1.00 e. The summed E-state index contributed by atoms with van der Waals surface area (Å²) in [6.07, 6.45) is 0. The van der Waals surface area contributed by atoms with Gasteiger partial charge in [0.1, 0.15) is 5.75 Å². The zero-order valence-corrected chi connectivity index (χ0v) is 8.06. The average molecular weight is 154 g/mol. The molecule has 1 rings (SSSR count). The van der Waals surface area contributed by atoms with E-state index >= 15 is 0 Å². The van der Waals surface area contributed by atoms with Gasteiger partial charge in [0.25, 0.3) is 0 Å². The van der Waals surface area contributed by atoms with Crippen molar-refractivity contribution in [2.24, 2.45) is 0 Å². The fourth-order valence-electron chi connectivity index (χ4n) is 0.428. The smallest absolute Gasteiger partial charge is 0.508 e. The summed E-state index contributed by atoms with van der Waals surface area (Å²) in [5.41, 5.74) is 0. The molecule has 0 aliphatic carbocycles. The zero-order chi connectivity index (χ0) is 5.11. The monoisotopic (exact) mass is 153 g/mol. The summed E-state index contributed by atoms with van der Waals surface area (Å²) in [4.78, 5) is 0. The Bertz CT molecular complexity index is 143. The van der Waals surface area contributed by atoms with Crippen LogP contribution in [0.5, 0.6) is 5.75 Å². The van der Waals surface area contributed by atoms with E-state index in [2.05, 4.69) is 0 Å². The molecule has 0 radical (unpaired) electrons. The molecule has 0 saturated heterocycles. The van der Waals surface area contributed by atoms with Crippen molar-refractivity contribution in [1.29, 1.82) is 0 Å². The van der Waals surface area contributed by atoms with Gasteiger partial charge in [-0.1, -0.05) is 18.2 Å². The van der Waals surface area contributed by atoms with Gasteiger partial charge < -0.3 is 5.11 Å². The van der Waals surface area contributed by atoms with Crippen molar-refractivity contribution in [3.63, 3.8) is 0 Å². The van der Waals surface area contributed by atoms with Crippen LogP contribution >= 0.6 is 12.4 Å². The molecule has 0 saturated carbocycles. The molecule has 0 heterocycles. The van der Waals surface area contributed by atoms with E-state index in [9.17, 15) is 0 Å². The fraction of sp³-hybridized carbons (Fsp3) is 0. The Hall–Kier alpha value is 0.310. The predicted molar refractivity (Wildman–Crippen MR) is 35.4 cm³/mol. The Balaban J connectivity index is 0. The fourth-order valence-corrected chi connectivity index (χ4v) is 0.428. The maximum absolute atomic E-state index is 8.63. The normalized spacial score (nSPS) is 6.67. The molecule has 44 valence electrons. The van der Waals surface area contributed by atoms with Gasteiger partial charge >= 0.3 is 29.6 Å². The van der Waals surface area contributed by atoms with Crippen molar-refractivity contribution in [2.75, 3.05) is 0 Å². The number of phenolic OH excluding ortho intramolecular Hbond substituents is 1. The van der Waals surface area contributed by atoms with E-state index in [-0.39, 0.29) is 42.0 Å². The number of para-hydroxylation sites is 1. The van der Waals surface area contributed by atoms with Crippen LogP contribution in [0.3, 0.4) is 0 Å². The van der Waals surface area contributed by atoms with Crippen LogP contribution < -0.4 is 29.6 Å². The molecule has 0 bridgehead atoms. The number of halogens is 1. The first-order chi connectivity index (χ1) is 3.39. The molecule has 9 heavy (non-hydrogen) atoms. The molecule has 0 fully saturated rings. The van der Waals surface area contributed by atoms with Gasteiger partial charge in [-0.25, -0.2) is 0 Å². The summed E-state index contributed by atoms with van der Waals surface area (Å²) in [7, 11) is 0. The average Bonchev–Trinajstić information content (AvgIpc) is 1.69. The Kier molecular flexibility index (Phi) is 8.60. The minimum Gasteiger partial charge on any atom is -0.508 e. The second-order valence-corrected chi connectivity index (χ2v) is 1.34. The molecule has 1 N–H and O–H groups in total.